The summed E-state index contributed by atoms with van der Waals surface area (Å²) < 4.78 is 0. The van der Waals surface area contributed by atoms with Crippen LogP contribution >= 0.6 is 0 Å². The highest BCUT2D eigenvalue weighted by Gasteiger charge is 2.72. The Balaban J connectivity index is 1.67. The number of phenolic OH excluding ortho intramolecular Hbond substituents is 1. The van der Waals surface area contributed by atoms with E-state index in [9.17, 15) is 44.1 Å². The van der Waals surface area contributed by atoms with E-state index >= 15 is 0 Å². The van der Waals surface area contributed by atoms with Gasteiger partial charge in [-0.25, -0.2) is 0 Å². The van der Waals surface area contributed by atoms with Crippen molar-refractivity contribution < 1.29 is 44.1 Å². The van der Waals surface area contributed by atoms with Gasteiger partial charge in [0, 0.05) is 17.0 Å². The first kappa shape index (κ1) is 28.5. The largest absolute Gasteiger partial charge is 0.507 e. The first-order valence-corrected chi connectivity index (χ1v) is 13.2. The van der Waals surface area contributed by atoms with Gasteiger partial charge >= 0.3 is 0 Å². The molecule has 11 nitrogen and oxygen atoms in total. The minimum atomic E-state index is -3.05. The number of hydrogen-bond acceptors (Lipinski definition) is 10. The second kappa shape index (κ2) is 9.51. The van der Waals surface area contributed by atoms with E-state index in [4.69, 9.17) is 5.73 Å². The molecule has 0 heterocycles. The highest BCUT2D eigenvalue weighted by molar-refractivity contribution is 6.32. The third kappa shape index (κ3) is 3.76. The van der Waals surface area contributed by atoms with Crippen LogP contribution in [0.2, 0.25) is 0 Å². The fraction of sp³-hybridized carbons (Fsp3) is 0.400. The maximum atomic E-state index is 14.0. The van der Waals surface area contributed by atoms with Crippen LogP contribution in [0.25, 0.3) is 11.1 Å². The van der Waals surface area contributed by atoms with E-state index in [-0.39, 0.29) is 16.9 Å². The average molecular weight is 563 g/mol. The Labute approximate surface area is 234 Å². The lowest BCUT2D eigenvalue weighted by Gasteiger charge is -2.56. The molecule has 5 N–H and O–H groups in total. The lowest BCUT2D eigenvalue weighted by atomic mass is 9.49. The zero-order chi connectivity index (χ0) is 30.3. The molecular weight excluding hydrogens is 532 g/mol. The van der Waals surface area contributed by atoms with Gasteiger partial charge in [-0.2, -0.15) is 0 Å². The number of aromatic hydroxyl groups is 1. The molecule has 0 aliphatic heterocycles. The van der Waals surface area contributed by atoms with Crippen LogP contribution in [0.5, 0.6) is 5.75 Å². The van der Waals surface area contributed by atoms with Crippen LogP contribution in [0.15, 0.2) is 36.4 Å². The summed E-state index contributed by atoms with van der Waals surface area (Å²) in [6.45, 7) is 3.06. The van der Waals surface area contributed by atoms with Gasteiger partial charge < -0.3 is 21.1 Å². The number of likely N-dealkylation sites (N-methyl/N-ethyl adjacent to an activating group) is 1. The molecule has 2 saturated carbocycles. The van der Waals surface area contributed by atoms with Gasteiger partial charge in [0.2, 0.25) is 5.91 Å². The van der Waals surface area contributed by atoms with Gasteiger partial charge in [0.15, 0.2) is 40.4 Å². The summed E-state index contributed by atoms with van der Waals surface area (Å²) in [5.41, 5.74) is 3.63. The number of rotatable bonds is 4. The summed E-state index contributed by atoms with van der Waals surface area (Å²) in [7, 11) is 2.88. The van der Waals surface area contributed by atoms with E-state index in [1.54, 1.807) is 43.3 Å². The number of Topliss-reactive ketones (excluding diaryl/α,β-unsaturated/α-hetero) is 5. The fourth-order valence-electron chi connectivity index (χ4n) is 7.11. The normalized spacial score (nSPS) is 32.8. The highest BCUT2D eigenvalue weighted by atomic mass is 16.3. The Morgan fingerprint density at radius 2 is 1.59 bits per heavy atom. The van der Waals surface area contributed by atoms with Gasteiger partial charge in [-0.15, -0.1) is 0 Å². The quantitative estimate of drug-likeness (QED) is 0.297. The van der Waals surface area contributed by atoms with E-state index in [2.05, 4.69) is 0 Å². The van der Waals surface area contributed by atoms with Gasteiger partial charge in [-0.05, 0) is 38.1 Å². The molecule has 3 aliphatic rings. The van der Waals surface area contributed by atoms with Crippen molar-refractivity contribution in [1.82, 2.24) is 4.90 Å². The molecule has 3 aliphatic carbocycles. The minimum absolute atomic E-state index is 0.152. The Morgan fingerprint density at radius 1 is 0.976 bits per heavy atom. The van der Waals surface area contributed by atoms with Crippen molar-refractivity contribution in [1.29, 1.82) is 0 Å². The summed E-state index contributed by atoms with van der Waals surface area (Å²) in [6.07, 6.45) is -1.69. The molecule has 8 atom stereocenters. The number of carbonyl (C=O) groups is 6. The molecule has 0 radical (unpaired) electrons. The number of amides is 1. The highest BCUT2D eigenvalue weighted by Crippen LogP contribution is 2.55. The predicted octanol–water partition coefficient (Wildman–Crippen LogP) is 0.268. The Morgan fingerprint density at radius 3 is 2.12 bits per heavy atom. The van der Waals surface area contributed by atoms with Crippen LogP contribution in [0.3, 0.4) is 0 Å². The molecule has 1 amide bonds. The van der Waals surface area contributed by atoms with E-state index in [0.29, 0.717) is 16.7 Å². The van der Waals surface area contributed by atoms with Gasteiger partial charge in [-0.1, -0.05) is 43.3 Å². The number of hydrogen-bond donors (Lipinski definition) is 4. The number of aliphatic hydroxyl groups is 2. The number of primary amides is 1. The van der Waals surface area contributed by atoms with Gasteiger partial charge in [0.25, 0.3) is 0 Å². The average Bonchev–Trinajstić information content (AvgIpc) is 2.90. The molecule has 0 bridgehead atoms. The monoisotopic (exact) mass is 562 g/mol. The van der Waals surface area contributed by atoms with E-state index in [1.165, 1.54) is 25.9 Å². The summed E-state index contributed by atoms with van der Waals surface area (Å²) in [4.78, 5) is 79.8. The molecule has 5 rings (SSSR count). The van der Waals surface area contributed by atoms with Crippen molar-refractivity contribution in [3.8, 4) is 16.9 Å². The second-order valence-corrected chi connectivity index (χ2v) is 11.4. The van der Waals surface area contributed by atoms with Crippen molar-refractivity contribution in [2.45, 2.75) is 37.5 Å². The number of carbonyl (C=O) groups excluding carboxylic acids is 6. The standard InChI is InChI=1S/C30H30N2O9/c1-11-15-9-10-16(14-7-5-13(6-8-14)12(2)33)23(34)18(15)24(35)19-17(11)25(36)21-22(32(3)4)26(37)20(29(31)40)28(39)30(21,41)27(19)38/h5-11,17,19-22,25,34,36,41H,1-4H3,(H2,31,40)/t11-,17+,19?,20?,21+,22-,25-,30-/m0/s1. The summed E-state index contributed by atoms with van der Waals surface area (Å²) in [5, 5.41) is 34.7. The Hall–Kier alpha value is -4.06. The lowest BCUT2D eigenvalue weighted by Crippen LogP contribution is -2.77. The molecule has 2 fully saturated rings. The molecule has 11 heteroatoms. The molecule has 2 unspecified atom stereocenters. The van der Waals surface area contributed by atoms with Gasteiger partial charge in [-0.3, -0.25) is 33.7 Å². The third-order valence-corrected chi connectivity index (χ3v) is 9.09. The van der Waals surface area contributed by atoms with Crippen LogP contribution in [-0.4, -0.2) is 86.9 Å². The molecule has 0 aromatic heterocycles. The zero-order valence-corrected chi connectivity index (χ0v) is 22.8. The smallest absolute Gasteiger partial charge is 0.235 e. The number of ketones is 5. The topological polar surface area (TPSA) is 192 Å². The molecule has 0 spiro atoms. The minimum Gasteiger partial charge on any atom is -0.507 e. The maximum Gasteiger partial charge on any atom is 0.235 e. The second-order valence-electron chi connectivity index (χ2n) is 11.4. The number of fused-ring (bicyclic) bond motifs is 3. The predicted molar refractivity (Wildman–Crippen MR) is 143 cm³/mol. The molecule has 0 saturated heterocycles. The summed E-state index contributed by atoms with van der Waals surface area (Å²) >= 11 is 0. The van der Waals surface area contributed by atoms with Crippen molar-refractivity contribution in [2.24, 2.45) is 29.4 Å². The van der Waals surface area contributed by atoms with E-state index in [0.717, 1.165) is 0 Å². The summed E-state index contributed by atoms with van der Waals surface area (Å²) in [6, 6.07) is 8.10. The molecule has 2 aromatic rings. The molecule has 41 heavy (non-hydrogen) atoms. The van der Waals surface area contributed by atoms with Gasteiger partial charge in [0.1, 0.15) is 5.75 Å². The third-order valence-electron chi connectivity index (χ3n) is 9.09. The van der Waals surface area contributed by atoms with Crippen LogP contribution in [0.4, 0.5) is 0 Å². The number of aliphatic hydroxyl groups excluding tert-OH is 1. The van der Waals surface area contributed by atoms with Crippen LogP contribution in [0.1, 0.15) is 46.0 Å². The van der Waals surface area contributed by atoms with E-state index in [1.807, 2.05) is 0 Å². The van der Waals surface area contributed by atoms with Crippen LogP contribution < -0.4 is 5.73 Å². The van der Waals surface area contributed by atoms with Crippen molar-refractivity contribution >= 4 is 34.8 Å². The van der Waals surface area contributed by atoms with Crippen molar-refractivity contribution in [3.05, 3.63) is 53.1 Å². The van der Waals surface area contributed by atoms with Crippen molar-refractivity contribution in [2.75, 3.05) is 14.1 Å². The molecule has 214 valence electrons. The number of nitrogens with zero attached hydrogens (tertiary/aromatic N) is 1. The van der Waals surface area contributed by atoms with Gasteiger partial charge in [0.05, 0.1) is 29.5 Å². The lowest BCUT2D eigenvalue weighted by molar-refractivity contribution is -0.196. The van der Waals surface area contributed by atoms with E-state index < -0.39 is 82.1 Å². The number of benzene rings is 2. The Bertz CT molecular complexity index is 1550. The zero-order valence-electron chi connectivity index (χ0n) is 22.8. The SMILES string of the molecule is CC(=O)c1ccc(-c2ccc3c(c2O)C(=O)C2C(=O)[C@]4(O)C(=O)C(C(N)=O)C(=O)[C@@H](N(C)C)[C@@H]4[C@@H](O)[C@@H]2[C@H]3C)cc1. The maximum absolute atomic E-state index is 14.0. The number of nitrogens with two attached hydrogens (primary N) is 1. The van der Waals surface area contributed by atoms with Crippen LogP contribution in [-0.2, 0) is 19.2 Å². The number of phenols is 1. The fourth-order valence-corrected chi connectivity index (χ4v) is 7.11. The summed E-state index contributed by atoms with van der Waals surface area (Å²) in [5.74, 6) is -13.9. The van der Waals surface area contributed by atoms with Crippen molar-refractivity contribution in [3.63, 3.8) is 0 Å². The van der Waals surface area contributed by atoms with Crippen LogP contribution in [0, 0.1) is 23.7 Å². The first-order valence-electron chi connectivity index (χ1n) is 13.2. The molecule has 2 aromatic carbocycles. The first-order chi connectivity index (χ1) is 19.2. The molecular formula is C30H30N2O9. The Kier molecular flexibility index (Phi) is 6.60.